The molecule has 10 rings (SSSR count). The standard InChI is InChI=1S/C22H26O5.C15H14N4O.C8H11N3O3S/c1-6-7-13-10-15(23)26-21-16(13)20-14(8-9-22(4,5)27-20)19-17(21)18(24)11(2)12(3)25-19;1-9-6-8-17-14-12(9)18-15(20)11-3-2-7-16-13(11)19(14)10-4-5-10;9-5-1-2-11(8(13)10-5)6-4-15-7(3-12)14-6/h8-12,18,24H,6-7H2,1-5H3;2-3,6-8,10H,4-5H2,1H3,(H,18,20);1-2,6-7,12H,3-4H2,(H2,9,10,13)/t11-,12-,18+;;6-,7+/m1.0/s1. The number of hydrogen-bond acceptors (Lipinski definition) is 15. The normalized spacial score (nSPS) is 22.8. The molecule has 4 aliphatic heterocycles. The first-order chi connectivity index (χ1) is 29.7. The van der Waals surface area contributed by atoms with Gasteiger partial charge in [-0.05, 0) is 94.5 Å². The second-order valence-corrected chi connectivity index (χ2v) is 17.7. The molecule has 5 N–H and O–H groups in total. The van der Waals surface area contributed by atoms with E-state index in [1.54, 1.807) is 30.7 Å². The molecule has 0 bridgehead atoms. The summed E-state index contributed by atoms with van der Waals surface area (Å²) >= 11 is 1.47. The lowest BCUT2D eigenvalue weighted by atomic mass is 9.85. The molecule has 16 nitrogen and oxygen atoms in total. The second-order valence-electron chi connectivity index (χ2n) is 16.5. The number of amides is 1. The fraction of sp³-hybridized carbons (Fsp3) is 0.422. The largest absolute Gasteiger partial charge is 0.489 e. The fourth-order valence-corrected chi connectivity index (χ4v) is 8.85. The highest BCUT2D eigenvalue weighted by atomic mass is 32.2. The number of aliphatic hydroxyl groups is 2. The van der Waals surface area contributed by atoms with Crippen LogP contribution in [0.25, 0.3) is 17.0 Å². The van der Waals surface area contributed by atoms with E-state index in [1.807, 2.05) is 58.9 Å². The Bertz CT molecular complexity index is 2680. The molecule has 0 spiro atoms. The number of aliphatic hydroxyl groups excluding tert-OH is 2. The number of hydrogen-bond donors (Lipinski definition) is 4. The highest BCUT2D eigenvalue weighted by Gasteiger charge is 2.41. The summed E-state index contributed by atoms with van der Waals surface area (Å²) in [6.07, 6.45) is 11.6. The average Bonchev–Trinajstić information content (AvgIpc) is 3.98. The Kier molecular flexibility index (Phi) is 11.9. The highest BCUT2D eigenvalue weighted by Crippen LogP contribution is 2.52. The molecule has 1 amide bonds. The lowest BCUT2D eigenvalue weighted by molar-refractivity contribution is -0.00629. The smallest absolute Gasteiger partial charge is 0.351 e. The summed E-state index contributed by atoms with van der Waals surface area (Å²) in [5.41, 5.74) is 8.81. The minimum absolute atomic E-state index is 0.0572. The molecule has 326 valence electrons. The summed E-state index contributed by atoms with van der Waals surface area (Å²) < 4.78 is 24.9. The number of carbonyl (C=O) groups is 1. The van der Waals surface area contributed by atoms with Gasteiger partial charge in [0.15, 0.2) is 11.4 Å². The molecule has 1 aliphatic carbocycles. The number of nitrogens with one attached hydrogen (secondary N) is 1. The lowest BCUT2D eigenvalue weighted by Gasteiger charge is -2.37. The average molecular weight is 866 g/mol. The third-order valence-corrected chi connectivity index (χ3v) is 12.6. The van der Waals surface area contributed by atoms with E-state index in [-0.39, 0.29) is 42.0 Å². The van der Waals surface area contributed by atoms with E-state index in [9.17, 15) is 19.5 Å². The third-order valence-electron chi connectivity index (χ3n) is 11.4. The van der Waals surface area contributed by atoms with Gasteiger partial charge in [0.2, 0.25) is 0 Å². The zero-order valence-corrected chi connectivity index (χ0v) is 36.3. The SMILES string of the molecule is CCCc1cc(=O)oc2c3c(c4c(c12)OC(C)(C)C=C4)O[C@H](C)[C@@H](C)[C@@H]3O.Cc1ccnc2c1NC(=O)c1cccnc1N2C1CC1.Nc1ccn([C@@H]2CS[C@H](CO)O2)c(=O)n1. The molecule has 2 fully saturated rings. The Morgan fingerprint density at radius 3 is 2.55 bits per heavy atom. The van der Waals surface area contributed by atoms with Gasteiger partial charge in [0.1, 0.15) is 46.5 Å². The quantitative estimate of drug-likeness (QED) is 0.140. The number of thioether (sulfide) groups is 1. The summed E-state index contributed by atoms with van der Waals surface area (Å²) in [5, 5.41) is 23.6. The number of benzene rings is 1. The van der Waals surface area contributed by atoms with Gasteiger partial charge in [-0.15, -0.1) is 11.8 Å². The van der Waals surface area contributed by atoms with E-state index in [1.165, 1.54) is 22.4 Å². The van der Waals surface area contributed by atoms with Gasteiger partial charge in [0.05, 0.1) is 40.5 Å². The number of pyridine rings is 2. The zero-order chi connectivity index (χ0) is 44.0. The van der Waals surface area contributed by atoms with Gasteiger partial charge in [-0.1, -0.05) is 20.3 Å². The molecule has 0 unspecified atom stereocenters. The topological polar surface area (TPSA) is 217 Å². The molecule has 17 heteroatoms. The Labute approximate surface area is 362 Å². The monoisotopic (exact) mass is 865 g/mol. The molecule has 4 aromatic heterocycles. The van der Waals surface area contributed by atoms with Crippen molar-refractivity contribution in [3.8, 4) is 11.5 Å². The van der Waals surface area contributed by atoms with Gasteiger partial charge in [-0.2, -0.15) is 4.98 Å². The van der Waals surface area contributed by atoms with Crippen molar-refractivity contribution >= 4 is 57.9 Å². The summed E-state index contributed by atoms with van der Waals surface area (Å²) in [6.45, 7) is 11.8. The molecule has 1 aromatic carbocycles. The van der Waals surface area contributed by atoms with Gasteiger partial charge in [-0.25, -0.2) is 19.6 Å². The van der Waals surface area contributed by atoms with E-state index in [4.69, 9.17) is 29.5 Å². The maximum absolute atomic E-state index is 12.4. The summed E-state index contributed by atoms with van der Waals surface area (Å²) in [4.78, 5) is 50.7. The number of nitrogen functional groups attached to an aromatic ring is 1. The van der Waals surface area contributed by atoms with Crippen LogP contribution >= 0.6 is 11.8 Å². The minimum Gasteiger partial charge on any atom is -0.489 e. The van der Waals surface area contributed by atoms with Gasteiger partial charge >= 0.3 is 11.3 Å². The van der Waals surface area contributed by atoms with Crippen LogP contribution in [-0.4, -0.2) is 71.2 Å². The highest BCUT2D eigenvalue weighted by molar-refractivity contribution is 8.00. The number of rotatable bonds is 5. The summed E-state index contributed by atoms with van der Waals surface area (Å²) in [6, 6.07) is 8.99. The Hall–Kier alpha value is -5.75. The van der Waals surface area contributed by atoms with Gasteiger partial charge < -0.3 is 44.8 Å². The number of aryl methyl sites for hydroxylation is 2. The minimum atomic E-state index is -0.778. The molecule has 5 aromatic rings. The first-order valence-electron chi connectivity index (χ1n) is 20.8. The van der Waals surface area contributed by atoms with Crippen molar-refractivity contribution in [2.45, 2.75) is 103 Å². The molecule has 8 heterocycles. The van der Waals surface area contributed by atoms with Crippen LogP contribution in [0, 0.1) is 12.8 Å². The number of ether oxygens (including phenoxy) is 3. The van der Waals surface area contributed by atoms with Crippen molar-refractivity contribution in [1.82, 2.24) is 19.5 Å². The van der Waals surface area contributed by atoms with Crippen molar-refractivity contribution in [3.63, 3.8) is 0 Å². The number of nitrogens with zero attached hydrogens (tertiary/aromatic N) is 5. The van der Waals surface area contributed by atoms with E-state index in [0.29, 0.717) is 45.8 Å². The predicted octanol–water partition coefficient (Wildman–Crippen LogP) is 6.44. The second kappa shape index (κ2) is 17.2. The summed E-state index contributed by atoms with van der Waals surface area (Å²) in [7, 11) is 0. The van der Waals surface area contributed by atoms with Gasteiger partial charge in [0.25, 0.3) is 5.91 Å². The van der Waals surface area contributed by atoms with Crippen LogP contribution < -0.4 is 36.7 Å². The number of nitrogens with two attached hydrogens (primary N) is 1. The zero-order valence-electron chi connectivity index (χ0n) is 35.5. The van der Waals surface area contributed by atoms with Crippen molar-refractivity contribution < 1.29 is 33.6 Å². The number of fused-ring (bicyclic) bond motifs is 8. The van der Waals surface area contributed by atoms with Crippen LogP contribution in [0.4, 0.5) is 23.1 Å². The first kappa shape index (κ1) is 42.9. The van der Waals surface area contributed by atoms with Crippen molar-refractivity contribution in [2.24, 2.45) is 5.92 Å². The third kappa shape index (κ3) is 8.29. The van der Waals surface area contributed by atoms with Gasteiger partial charge in [-0.3, -0.25) is 9.36 Å². The Morgan fingerprint density at radius 2 is 1.84 bits per heavy atom. The molecule has 5 atom stereocenters. The number of aromatic nitrogens is 4. The fourth-order valence-electron chi connectivity index (χ4n) is 7.92. The number of carbonyl (C=O) groups excluding carboxylic acids is 1. The van der Waals surface area contributed by atoms with Crippen molar-refractivity contribution in [2.75, 3.05) is 28.3 Å². The molecular formula is C45H51N7O9S. The summed E-state index contributed by atoms with van der Waals surface area (Å²) in [5.74, 6) is 3.31. The molecular weight excluding hydrogens is 815 g/mol. The van der Waals surface area contributed by atoms with Crippen LogP contribution in [0.1, 0.15) is 98.8 Å². The molecule has 62 heavy (non-hydrogen) atoms. The maximum atomic E-state index is 12.4. The molecule has 5 aliphatic rings. The molecule has 1 saturated heterocycles. The number of anilines is 4. The van der Waals surface area contributed by atoms with Crippen molar-refractivity contribution in [1.29, 1.82) is 0 Å². The lowest BCUT2D eigenvalue weighted by Crippen LogP contribution is -2.34. The van der Waals surface area contributed by atoms with Crippen LogP contribution in [0.2, 0.25) is 0 Å². The van der Waals surface area contributed by atoms with Crippen LogP contribution in [0.15, 0.2) is 69.0 Å². The Balaban J connectivity index is 0.000000134. The predicted molar refractivity (Wildman–Crippen MR) is 237 cm³/mol. The van der Waals surface area contributed by atoms with Gasteiger partial charge in [0, 0.05) is 42.4 Å². The van der Waals surface area contributed by atoms with E-state index < -0.39 is 23.0 Å². The van der Waals surface area contributed by atoms with Crippen LogP contribution in [-0.2, 0) is 11.2 Å². The Morgan fingerprint density at radius 1 is 1.06 bits per heavy atom. The van der Waals surface area contributed by atoms with E-state index in [0.717, 1.165) is 59.3 Å². The molecule has 1 saturated carbocycles. The van der Waals surface area contributed by atoms with E-state index >= 15 is 0 Å². The van der Waals surface area contributed by atoms with Crippen molar-refractivity contribution in [3.05, 3.63) is 104 Å². The molecule has 0 radical (unpaired) electrons. The first-order valence-corrected chi connectivity index (χ1v) is 21.9. The van der Waals surface area contributed by atoms with E-state index in [2.05, 4.69) is 32.1 Å². The van der Waals surface area contributed by atoms with Crippen LogP contribution in [0.5, 0.6) is 11.5 Å². The maximum Gasteiger partial charge on any atom is 0.351 e. The van der Waals surface area contributed by atoms with Crippen LogP contribution in [0.3, 0.4) is 0 Å².